The van der Waals surface area contributed by atoms with E-state index in [-0.39, 0.29) is 5.78 Å². The normalized spacial score (nSPS) is 20.1. The van der Waals surface area contributed by atoms with E-state index in [0.29, 0.717) is 11.2 Å². The largest absolute Gasteiger partial charge is 0.496 e. The van der Waals surface area contributed by atoms with Gasteiger partial charge in [-0.15, -0.1) is 0 Å². The number of pyridine rings is 1. The zero-order chi connectivity index (χ0) is 15.4. The summed E-state index contributed by atoms with van der Waals surface area (Å²) in [5.74, 6) is 0.00844. The van der Waals surface area contributed by atoms with Gasteiger partial charge in [0.05, 0.1) is 11.2 Å². The molecule has 0 unspecified atom stereocenters. The summed E-state index contributed by atoms with van der Waals surface area (Å²) in [6, 6.07) is 1.91. The highest BCUT2D eigenvalue weighted by Crippen LogP contribution is 2.36. The van der Waals surface area contributed by atoms with E-state index in [2.05, 4.69) is 9.97 Å². The van der Waals surface area contributed by atoms with Crippen LogP contribution in [-0.2, 0) is 9.31 Å². The van der Waals surface area contributed by atoms with Crippen molar-refractivity contribution in [1.29, 1.82) is 0 Å². The fourth-order valence-corrected chi connectivity index (χ4v) is 2.42. The van der Waals surface area contributed by atoms with Gasteiger partial charge in [-0.05, 0) is 40.7 Å². The van der Waals surface area contributed by atoms with E-state index in [0.717, 1.165) is 10.8 Å². The molecule has 1 N–H and O–H groups in total. The van der Waals surface area contributed by atoms with Gasteiger partial charge in [-0.1, -0.05) is 0 Å². The molecule has 2 aromatic rings. The molecule has 1 fully saturated rings. The van der Waals surface area contributed by atoms with E-state index in [9.17, 15) is 4.79 Å². The molecule has 2 aromatic heterocycles. The zero-order valence-electron chi connectivity index (χ0n) is 13.0. The Morgan fingerprint density at radius 3 is 2.43 bits per heavy atom. The first-order valence-corrected chi connectivity index (χ1v) is 7.05. The third kappa shape index (κ3) is 2.19. The summed E-state index contributed by atoms with van der Waals surface area (Å²) in [5, 5.41) is 0.801. The molecular formula is C15H19BN2O3. The smallest absolute Gasteiger partial charge is 0.399 e. The van der Waals surface area contributed by atoms with Crippen LogP contribution in [0.1, 0.15) is 45.0 Å². The van der Waals surface area contributed by atoms with Gasteiger partial charge >= 0.3 is 7.12 Å². The van der Waals surface area contributed by atoms with Crippen molar-refractivity contribution in [2.24, 2.45) is 0 Å². The van der Waals surface area contributed by atoms with Crippen molar-refractivity contribution in [2.45, 2.75) is 45.8 Å². The topological polar surface area (TPSA) is 64.2 Å². The fraction of sp³-hybridized carbons (Fsp3) is 0.467. The van der Waals surface area contributed by atoms with E-state index < -0.39 is 18.3 Å². The second-order valence-corrected chi connectivity index (χ2v) is 6.51. The number of rotatable bonds is 2. The molecular weight excluding hydrogens is 267 g/mol. The Kier molecular flexibility index (Phi) is 3.01. The molecule has 0 atom stereocenters. The van der Waals surface area contributed by atoms with Gasteiger partial charge in [-0.2, -0.15) is 0 Å². The van der Waals surface area contributed by atoms with Crippen LogP contribution < -0.4 is 5.46 Å². The van der Waals surface area contributed by atoms with Crippen LogP contribution in [0.2, 0.25) is 0 Å². The first-order chi connectivity index (χ1) is 9.71. The highest BCUT2D eigenvalue weighted by Gasteiger charge is 2.51. The van der Waals surface area contributed by atoms with E-state index in [1.165, 1.54) is 0 Å². The van der Waals surface area contributed by atoms with Crippen molar-refractivity contribution >= 4 is 29.4 Å². The number of nitrogens with zero attached hydrogens (tertiary/aromatic N) is 1. The molecule has 1 aliphatic rings. The van der Waals surface area contributed by atoms with Gasteiger partial charge in [0.1, 0.15) is 5.65 Å². The Morgan fingerprint density at radius 2 is 1.86 bits per heavy atom. The molecule has 3 heterocycles. The third-order valence-electron chi connectivity index (χ3n) is 4.46. The highest BCUT2D eigenvalue weighted by atomic mass is 16.7. The minimum atomic E-state index is -0.471. The average Bonchev–Trinajstić information content (AvgIpc) is 2.87. The molecule has 0 aliphatic carbocycles. The molecule has 1 saturated heterocycles. The van der Waals surface area contributed by atoms with Crippen molar-refractivity contribution in [3.63, 3.8) is 0 Å². The Bertz CT molecular complexity index is 705. The number of aromatic nitrogens is 2. The lowest BCUT2D eigenvalue weighted by atomic mass is 9.80. The van der Waals surface area contributed by atoms with Crippen LogP contribution in [-0.4, -0.2) is 34.1 Å². The lowest BCUT2D eigenvalue weighted by Crippen LogP contribution is -2.41. The van der Waals surface area contributed by atoms with Gasteiger partial charge < -0.3 is 14.3 Å². The number of carbonyl (C=O) groups is 1. The van der Waals surface area contributed by atoms with Gasteiger partial charge in [0.2, 0.25) is 0 Å². The van der Waals surface area contributed by atoms with Crippen LogP contribution in [0.4, 0.5) is 0 Å². The highest BCUT2D eigenvalue weighted by molar-refractivity contribution is 6.62. The zero-order valence-corrected chi connectivity index (χ0v) is 13.0. The second-order valence-electron chi connectivity index (χ2n) is 6.51. The summed E-state index contributed by atoms with van der Waals surface area (Å²) < 4.78 is 12.0. The number of aromatic amines is 1. The minimum absolute atomic E-state index is 0.00844. The molecule has 3 rings (SSSR count). The van der Waals surface area contributed by atoms with Crippen LogP contribution in [0.25, 0.3) is 11.0 Å². The minimum Gasteiger partial charge on any atom is -0.399 e. The molecule has 0 radical (unpaired) electrons. The molecule has 1 aliphatic heterocycles. The maximum atomic E-state index is 11.6. The predicted molar refractivity (Wildman–Crippen MR) is 81.8 cm³/mol. The van der Waals surface area contributed by atoms with Crippen LogP contribution >= 0.6 is 0 Å². The second kappa shape index (κ2) is 4.42. The molecule has 0 bridgehead atoms. The van der Waals surface area contributed by atoms with E-state index in [4.69, 9.17) is 9.31 Å². The van der Waals surface area contributed by atoms with Crippen molar-refractivity contribution < 1.29 is 14.1 Å². The molecule has 6 heteroatoms. The monoisotopic (exact) mass is 286 g/mol. The SMILES string of the molecule is CC(=O)c1c[nH]c2ncc(B3OC(C)(C)C(C)(C)O3)cc12. The Morgan fingerprint density at radius 1 is 1.24 bits per heavy atom. The van der Waals surface area contributed by atoms with Crippen LogP contribution in [0.15, 0.2) is 18.5 Å². The Balaban J connectivity index is 2.03. The number of Topliss-reactive ketones (excluding diaryl/α,β-unsaturated/α-hetero) is 1. The summed E-state index contributed by atoms with van der Waals surface area (Å²) in [5.41, 5.74) is 1.36. The molecule has 0 amide bonds. The van der Waals surface area contributed by atoms with E-state index in [1.54, 1.807) is 19.3 Å². The van der Waals surface area contributed by atoms with E-state index in [1.807, 2.05) is 33.8 Å². The van der Waals surface area contributed by atoms with Gasteiger partial charge in [0, 0.05) is 28.8 Å². The first kappa shape index (κ1) is 14.3. The molecule has 110 valence electrons. The van der Waals surface area contributed by atoms with Crippen molar-refractivity contribution in [3.05, 3.63) is 24.0 Å². The number of hydrogen-bond acceptors (Lipinski definition) is 4. The number of carbonyl (C=O) groups excluding carboxylic acids is 1. The molecule has 5 nitrogen and oxygen atoms in total. The fourth-order valence-electron chi connectivity index (χ4n) is 2.42. The van der Waals surface area contributed by atoms with Crippen LogP contribution in [0.3, 0.4) is 0 Å². The summed E-state index contributed by atoms with van der Waals surface area (Å²) in [4.78, 5) is 19.0. The van der Waals surface area contributed by atoms with E-state index >= 15 is 0 Å². The predicted octanol–water partition coefficient (Wildman–Crippen LogP) is 2.06. The van der Waals surface area contributed by atoms with Crippen LogP contribution in [0.5, 0.6) is 0 Å². The molecule has 21 heavy (non-hydrogen) atoms. The standard InChI is InChI=1S/C15H19BN2O3/c1-9(19)12-8-18-13-11(12)6-10(7-17-13)16-20-14(2,3)15(4,5)21-16/h6-8H,1-5H3,(H,17,18). The number of H-pyrrole nitrogens is 1. The molecule has 0 spiro atoms. The number of hydrogen-bond donors (Lipinski definition) is 1. The van der Waals surface area contributed by atoms with Crippen LogP contribution in [0, 0.1) is 0 Å². The maximum absolute atomic E-state index is 11.6. The Labute approximate surface area is 124 Å². The average molecular weight is 286 g/mol. The van der Waals surface area contributed by atoms with Gasteiger partial charge in [0.15, 0.2) is 5.78 Å². The summed E-state index contributed by atoms with van der Waals surface area (Å²) in [6.07, 6.45) is 3.42. The quantitative estimate of drug-likeness (QED) is 0.678. The molecule has 0 saturated carbocycles. The van der Waals surface area contributed by atoms with Crippen molar-refractivity contribution in [2.75, 3.05) is 0 Å². The summed E-state index contributed by atoms with van der Waals surface area (Å²) in [7, 11) is -0.471. The lowest BCUT2D eigenvalue weighted by Gasteiger charge is -2.32. The maximum Gasteiger partial charge on any atom is 0.496 e. The van der Waals surface area contributed by atoms with Gasteiger partial charge in [0.25, 0.3) is 0 Å². The van der Waals surface area contributed by atoms with Crippen molar-refractivity contribution in [1.82, 2.24) is 9.97 Å². The summed E-state index contributed by atoms with van der Waals surface area (Å²) in [6.45, 7) is 9.59. The van der Waals surface area contributed by atoms with Gasteiger partial charge in [-0.25, -0.2) is 4.98 Å². The molecule has 0 aromatic carbocycles. The van der Waals surface area contributed by atoms with Crippen molar-refractivity contribution in [3.8, 4) is 0 Å². The number of nitrogens with one attached hydrogen (secondary N) is 1. The Hall–Kier alpha value is -1.66. The van der Waals surface area contributed by atoms with Gasteiger partial charge in [-0.3, -0.25) is 4.79 Å². The first-order valence-electron chi connectivity index (χ1n) is 7.05. The lowest BCUT2D eigenvalue weighted by molar-refractivity contribution is 0.00578. The number of fused-ring (bicyclic) bond motifs is 1. The third-order valence-corrected chi connectivity index (χ3v) is 4.46. The summed E-state index contributed by atoms with van der Waals surface area (Å²) >= 11 is 0. The number of ketones is 1.